The van der Waals surface area contributed by atoms with Crippen LogP contribution in [0.25, 0.3) is 0 Å². The summed E-state index contributed by atoms with van der Waals surface area (Å²) >= 11 is 0. The van der Waals surface area contributed by atoms with Gasteiger partial charge in [0.25, 0.3) is 0 Å². The number of rotatable bonds is 9. The molecule has 0 saturated heterocycles. The largest absolute Gasteiger partial charge is 0.493 e. The first-order chi connectivity index (χ1) is 14.6. The molecule has 2 rings (SSSR count). The molecule has 0 aliphatic carbocycles. The second-order valence-corrected chi connectivity index (χ2v) is 6.07. The van der Waals surface area contributed by atoms with Crippen LogP contribution < -0.4 is 24.8 Å². The molecule has 2 amide bonds. The van der Waals surface area contributed by atoms with Crippen molar-refractivity contribution < 1.29 is 46.1 Å². The molecule has 0 heterocycles. The van der Waals surface area contributed by atoms with E-state index in [1.54, 1.807) is 0 Å². The lowest BCUT2D eigenvalue weighted by atomic mass is 10.2. The molecular weight excluding hydrogens is 431 g/mol. The highest BCUT2D eigenvalue weighted by Gasteiger charge is 2.30. The molecule has 0 aromatic heterocycles. The third-order valence-corrected chi connectivity index (χ3v) is 3.74. The Morgan fingerprint density at radius 2 is 1.87 bits per heavy atom. The molecule has 3 N–H and O–H groups in total. The molecule has 0 aliphatic heterocycles. The van der Waals surface area contributed by atoms with E-state index in [0.717, 1.165) is 24.3 Å². The van der Waals surface area contributed by atoms with Crippen LogP contribution in [-0.2, 0) is 6.18 Å². The lowest BCUT2D eigenvalue weighted by molar-refractivity contribution is -0.137. The van der Waals surface area contributed by atoms with Crippen molar-refractivity contribution in [2.75, 3.05) is 25.6 Å². The highest BCUT2D eigenvalue weighted by atomic mass is 19.4. The highest BCUT2D eigenvalue weighted by Crippen LogP contribution is 2.32. The number of amides is 2. The van der Waals surface area contributed by atoms with Crippen molar-refractivity contribution in [3.05, 3.63) is 48.0 Å². The molecule has 0 bridgehead atoms. The molecule has 12 heteroatoms. The van der Waals surface area contributed by atoms with Crippen LogP contribution in [0.3, 0.4) is 0 Å². The summed E-state index contributed by atoms with van der Waals surface area (Å²) in [5.41, 5.74) is -0.782. The Balaban J connectivity index is 1.83. The Hall–Kier alpha value is -3.28. The first-order valence-corrected chi connectivity index (χ1v) is 8.74. The van der Waals surface area contributed by atoms with Crippen molar-refractivity contribution in [1.82, 2.24) is 5.32 Å². The SMILES string of the molecule is COc1ccc(NC(=O)NCC(O)COc2cccc(C(F)(F)F)c2)cc1OC(F)F. The van der Waals surface area contributed by atoms with Crippen molar-refractivity contribution in [1.29, 1.82) is 0 Å². The summed E-state index contributed by atoms with van der Waals surface area (Å²) in [5, 5.41) is 14.5. The van der Waals surface area contributed by atoms with Gasteiger partial charge in [0.1, 0.15) is 18.5 Å². The van der Waals surface area contributed by atoms with Gasteiger partial charge in [-0.15, -0.1) is 0 Å². The van der Waals surface area contributed by atoms with Crippen LogP contribution in [-0.4, -0.2) is 44.1 Å². The minimum Gasteiger partial charge on any atom is -0.493 e. The zero-order valence-corrected chi connectivity index (χ0v) is 16.1. The standard InChI is InChI=1S/C19H19F5N2O5/c1-29-15-6-5-12(8-16(15)31-17(20)21)26-18(28)25-9-13(27)10-30-14-4-2-3-11(7-14)19(22,23)24/h2-8,13,17,27H,9-10H2,1H3,(H2,25,26,28). The van der Waals surface area contributed by atoms with Gasteiger partial charge in [0.15, 0.2) is 11.5 Å². The van der Waals surface area contributed by atoms with Crippen LogP contribution in [0.2, 0.25) is 0 Å². The van der Waals surface area contributed by atoms with E-state index in [1.807, 2.05) is 0 Å². The van der Waals surface area contributed by atoms with E-state index < -0.39 is 30.5 Å². The first-order valence-electron chi connectivity index (χ1n) is 8.74. The highest BCUT2D eigenvalue weighted by molar-refractivity contribution is 5.89. The fourth-order valence-corrected chi connectivity index (χ4v) is 2.34. The zero-order valence-electron chi connectivity index (χ0n) is 16.1. The number of urea groups is 1. The molecule has 0 saturated carbocycles. The van der Waals surface area contributed by atoms with Crippen molar-refractivity contribution in [3.8, 4) is 17.2 Å². The van der Waals surface area contributed by atoms with Crippen molar-refractivity contribution >= 4 is 11.7 Å². The lowest BCUT2D eigenvalue weighted by Crippen LogP contribution is -2.37. The molecule has 7 nitrogen and oxygen atoms in total. The van der Waals surface area contributed by atoms with E-state index >= 15 is 0 Å². The van der Waals surface area contributed by atoms with Gasteiger partial charge in [-0.05, 0) is 30.3 Å². The number of anilines is 1. The number of alkyl halides is 5. The summed E-state index contributed by atoms with van der Waals surface area (Å²) in [6.45, 7) is -3.76. The number of methoxy groups -OCH3 is 1. The predicted molar refractivity (Wildman–Crippen MR) is 99.6 cm³/mol. The molecule has 0 fully saturated rings. The molecule has 1 atom stereocenters. The maximum Gasteiger partial charge on any atom is 0.416 e. The number of hydrogen-bond acceptors (Lipinski definition) is 5. The summed E-state index contributed by atoms with van der Waals surface area (Å²) in [6, 6.07) is 7.17. The fraction of sp³-hybridized carbons (Fsp3) is 0.316. The monoisotopic (exact) mass is 450 g/mol. The molecule has 1 unspecified atom stereocenters. The number of carbonyl (C=O) groups excluding carboxylic acids is 1. The fourth-order valence-electron chi connectivity index (χ4n) is 2.34. The smallest absolute Gasteiger partial charge is 0.416 e. The minimum atomic E-state index is -4.53. The van der Waals surface area contributed by atoms with Gasteiger partial charge in [-0.3, -0.25) is 0 Å². The van der Waals surface area contributed by atoms with Gasteiger partial charge in [0.05, 0.1) is 12.7 Å². The van der Waals surface area contributed by atoms with Crippen LogP contribution in [0.15, 0.2) is 42.5 Å². The Kier molecular flexibility index (Phi) is 8.25. The van der Waals surface area contributed by atoms with Gasteiger partial charge in [-0.25, -0.2) is 4.79 Å². The molecule has 31 heavy (non-hydrogen) atoms. The Bertz CT molecular complexity index is 879. The number of carbonyl (C=O) groups is 1. The molecular formula is C19H19F5N2O5. The van der Waals surface area contributed by atoms with Crippen LogP contribution >= 0.6 is 0 Å². The van der Waals surface area contributed by atoms with E-state index in [4.69, 9.17) is 9.47 Å². The van der Waals surface area contributed by atoms with Crippen LogP contribution in [0, 0.1) is 0 Å². The van der Waals surface area contributed by atoms with Crippen LogP contribution in [0.4, 0.5) is 32.4 Å². The van der Waals surface area contributed by atoms with Gasteiger partial charge < -0.3 is 30.0 Å². The number of benzene rings is 2. The quantitative estimate of drug-likeness (QED) is 0.505. The van der Waals surface area contributed by atoms with E-state index in [2.05, 4.69) is 15.4 Å². The van der Waals surface area contributed by atoms with Crippen LogP contribution in [0.1, 0.15) is 5.56 Å². The van der Waals surface area contributed by atoms with E-state index in [0.29, 0.717) is 0 Å². The Morgan fingerprint density at radius 3 is 2.52 bits per heavy atom. The Morgan fingerprint density at radius 1 is 1.13 bits per heavy atom. The summed E-state index contributed by atoms with van der Waals surface area (Å²) < 4.78 is 77.2. The second-order valence-electron chi connectivity index (χ2n) is 6.07. The van der Waals surface area contributed by atoms with Gasteiger partial charge >= 0.3 is 18.8 Å². The van der Waals surface area contributed by atoms with E-state index in [9.17, 15) is 31.9 Å². The van der Waals surface area contributed by atoms with Crippen molar-refractivity contribution in [3.63, 3.8) is 0 Å². The molecule has 0 radical (unpaired) electrons. The number of halogens is 5. The maximum atomic E-state index is 12.7. The summed E-state index contributed by atoms with van der Waals surface area (Å²) in [7, 11) is 1.26. The number of nitrogens with one attached hydrogen (secondary N) is 2. The molecule has 2 aromatic rings. The second kappa shape index (κ2) is 10.7. The number of ether oxygens (including phenoxy) is 3. The summed E-state index contributed by atoms with van der Waals surface area (Å²) in [6.07, 6.45) is -5.76. The average Bonchev–Trinajstić information content (AvgIpc) is 2.70. The number of hydrogen-bond donors (Lipinski definition) is 3. The molecule has 0 spiro atoms. The zero-order chi connectivity index (χ0) is 23.0. The van der Waals surface area contributed by atoms with Gasteiger partial charge in [0, 0.05) is 18.3 Å². The number of aliphatic hydroxyl groups excluding tert-OH is 1. The molecule has 0 aliphatic rings. The molecule has 2 aromatic carbocycles. The van der Waals surface area contributed by atoms with Crippen molar-refractivity contribution in [2.45, 2.75) is 18.9 Å². The van der Waals surface area contributed by atoms with Gasteiger partial charge in [0.2, 0.25) is 0 Å². The third kappa shape index (κ3) is 7.81. The third-order valence-electron chi connectivity index (χ3n) is 3.74. The van der Waals surface area contributed by atoms with Crippen LogP contribution in [0.5, 0.6) is 17.2 Å². The topological polar surface area (TPSA) is 89.1 Å². The lowest BCUT2D eigenvalue weighted by Gasteiger charge is -2.15. The van der Waals surface area contributed by atoms with Crippen molar-refractivity contribution in [2.24, 2.45) is 0 Å². The normalized spacial score (nSPS) is 12.3. The van der Waals surface area contributed by atoms with Gasteiger partial charge in [-0.1, -0.05) is 6.07 Å². The first kappa shape index (κ1) is 24.0. The molecule has 170 valence electrons. The summed E-state index contributed by atoms with van der Waals surface area (Å²) in [4.78, 5) is 11.9. The minimum absolute atomic E-state index is 0.0356. The predicted octanol–water partition coefficient (Wildman–Crippen LogP) is 3.88. The number of aliphatic hydroxyl groups is 1. The van der Waals surface area contributed by atoms with E-state index in [-0.39, 0.29) is 36.1 Å². The van der Waals surface area contributed by atoms with Gasteiger partial charge in [-0.2, -0.15) is 22.0 Å². The Labute approximate surface area is 173 Å². The maximum absolute atomic E-state index is 12.7. The van der Waals surface area contributed by atoms with E-state index in [1.165, 1.54) is 25.3 Å². The average molecular weight is 450 g/mol. The summed E-state index contributed by atoms with van der Waals surface area (Å²) in [5.74, 6) is -0.346.